The van der Waals surface area contributed by atoms with Crippen LogP contribution in [0, 0.1) is 5.82 Å². The largest absolute Gasteiger partial charge is 0.325 e. The lowest BCUT2D eigenvalue weighted by atomic mass is 9.83. The predicted octanol–water partition coefficient (Wildman–Crippen LogP) is 4.40. The molecule has 0 saturated heterocycles. The zero-order valence-electron chi connectivity index (χ0n) is 11.3. The molecule has 1 amide bonds. The molecule has 0 aliphatic heterocycles. The molecule has 0 aromatic heterocycles. The number of carbonyl (C=O) groups excluding carboxylic acids is 1. The summed E-state index contributed by atoms with van der Waals surface area (Å²) >= 11 is 5.96. The Hall–Kier alpha value is -1.87. The highest BCUT2D eigenvalue weighted by molar-refractivity contribution is 6.30. The quantitative estimate of drug-likeness (QED) is 0.892. The first kappa shape index (κ1) is 14.5. The molecule has 0 saturated carbocycles. The molecule has 2 aromatic rings. The van der Waals surface area contributed by atoms with Gasteiger partial charge in [0.05, 0.1) is 5.41 Å². The van der Waals surface area contributed by atoms with Crippen LogP contribution in [0.4, 0.5) is 10.1 Å². The summed E-state index contributed by atoms with van der Waals surface area (Å²) in [7, 11) is 0. The topological polar surface area (TPSA) is 29.1 Å². The van der Waals surface area contributed by atoms with E-state index in [9.17, 15) is 9.18 Å². The number of halogens is 2. The number of hydrogen-bond acceptors (Lipinski definition) is 1. The summed E-state index contributed by atoms with van der Waals surface area (Å²) < 4.78 is 13.1. The Balaban J connectivity index is 2.23. The van der Waals surface area contributed by atoms with Crippen LogP contribution in [0.5, 0.6) is 0 Å². The van der Waals surface area contributed by atoms with Gasteiger partial charge in [-0.15, -0.1) is 0 Å². The summed E-state index contributed by atoms with van der Waals surface area (Å²) in [5.41, 5.74) is 0.473. The lowest BCUT2D eigenvalue weighted by molar-refractivity contribution is -0.120. The van der Waals surface area contributed by atoms with Crippen molar-refractivity contribution in [3.05, 3.63) is 64.9 Å². The van der Waals surface area contributed by atoms with Gasteiger partial charge in [0.1, 0.15) is 5.82 Å². The molecule has 2 rings (SSSR count). The Morgan fingerprint density at radius 2 is 1.85 bits per heavy atom. The van der Waals surface area contributed by atoms with Crippen LogP contribution in [0.3, 0.4) is 0 Å². The number of rotatable bonds is 3. The maximum absolute atomic E-state index is 13.1. The maximum Gasteiger partial charge on any atom is 0.234 e. The van der Waals surface area contributed by atoms with Crippen molar-refractivity contribution in [3.8, 4) is 0 Å². The summed E-state index contributed by atoms with van der Waals surface area (Å²) in [5.74, 6) is -0.603. The first-order valence-corrected chi connectivity index (χ1v) is 6.60. The van der Waals surface area contributed by atoms with E-state index in [1.54, 1.807) is 44.2 Å². The predicted molar refractivity (Wildman–Crippen MR) is 79.5 cm³/mol. The number of amides is 1. The van der Waals surface area contributed by atoms with Crippen molar-refractivity contribution in [3.63, 3.8) is 0 Å². The molecule has 104 valence electrons. The minimum Gasteiger partial charge on any atom is -0.325 e. The van der Waals surface area contributed by atoms with E-state index in [1.807, 2.05) is 6.07 Å². The maximum atomic E-state index is 13.1. The first-order chi connectivity index (χ1) is 9.39. The number of hydrogen-bond donors (Lipinski definition) is 1. The van der Waals surface area contributed by atoms with E-state index in [4.69, 9.17) is 11.6 Å². The molecule has 0 aliphatic carbocycles. The Morgan fingerprint density at radius 3 is 2.50 bits per heavy atom. The van der Waals surface area contributed by atoms with Crippen LogP contribution in [-0.4, -0.2) is 5.91 Å². The van der Waals surface area contributed by atoms with E-state index in [-0.39, 0.29) is 11.7 Å². The fourth-order valence-corrected chi connectivity index (χ4v) is 2.05. The second-order valence-electron chi connectivity index (χ2n) is 5.10. The molecule has 0 spiro atoms. The first-order valence-electron chi connectivity index (χ1n) is 6.22. The zero-order chi connectivity index (χ0) is 14.8. The van der Waals surface area contributed by atoms with Gasteiger partial charge in [0.25, 0.3) is 0 Å². The number of anilines is 1. The normalized spacial score (nSPS) is 11.2. The van der Waals surface area contributed by atoms with Crippen molar-refractivity contribution in [2.45, 2.75) is 19.3 Å². The monoisotopic (exact) mass is 291 g/mol. The minimum atomic E-state index is -0.767. The molecular weight excluding hydrogens is 277 g/mol. The standard InChI is InChI=1S/C16H15ClFNO/c1-16(2,11-5-3-6-12(17)9-11)15(20)19-14-8-4-7-13(18)10-14/h3-10H,1-2H3,(H,19,20). The van der Waals surface area contributed by atoms with Gasteiger partial charge in [0, 0.05) is 10.7 Å². The van der Waals surface area contributed by atoms with Crippen molar-refractivity contribution in [1.29, 1.82) is 0 Å². The van der Waals surface area contributed by atoms with Crippen LogP contribution >= 0.6 is 11.6 Å². The number of benzene rings is 2. The number of carbonyl (C=O) groups is 1. The van der Waals surface area contributed by atoms with E-state index >= 15 is 0 Å². The summed E-state index contributed by atoms with van der Waals surface area (Å²) in [6, 6.07) is 13.0. The Kier molecular flexibility index (Phi) is 4.09. The van der Waals surface area contributed by atoms with Crippen LogP contribution in [0.25, 0.3) is 0 Å². The molecule has 2 aromatic carbocycles. The van der Waals surface area contributed by atoms with Crippen LogP contribution in [0.2, 0.25) is 5.02 Å². The van der Waals surface area contributed by atoms with E-state index in [0.29, 0.717) is 10.7 Å². The third-order valence-corrected chi connectivity index (χ3v) is 3.43. The fourth-order valence-electron chi connectivity index (χ4n) is 1.86. The van der Waals surface area contributed by atoms with Gasteiger partial charge in [0.2, 0.25) is 5.91 Å². The highest BCUT2D eigenvalue weighted by Crippen LogP contribution is 2.27. The van der Waals surface area contributed by atoms with Gasteiger partial charge in [0.15, 0.2) is 0 Å². The average molecular weight is 292 g/mol. The van der Waals surface area contributed by atoms with Gasteiger partial charge in [-0.2, -0.15) is 0 Å². The Labute approximate surface area is 122 Å². The van der Waals surface area contributed by atoms with Gasteiger partial charge in [-0.05, 0) is 49.7 Å². The second kappa shape index (κ2) is 5.63. The van der Waals surface area contributed by atoms with Crippen LogP contribution < -0.4 is 5.32 Å². The summed E-state index contributed by atoms with van der Waals surface area (Å²) in [6.07, 6.45) is 0. The lowest BCUT2D eigenvalue weighted by Gasteiger charge is -2.24. The number of nitrogens with one attached hydrogen (secondary N) is 1. The molecular formula is C16H15ClFNO. The molecule has 1 N–H and O–H groups in total. The van der Waals surface area contributed by atoms with E-state index in [0.717, 1.165) is 5.56 Å². The summed E-state index contributed by atoms with van der Waals surface area (Å²) in [6.45, 7) is 3.60. The smallest absolute Gasteiger partial charge is 0.234 e. The molecule has 0 radical (unpaired) electrons. The third kappa shape index (κ3) is 3.17. The van der Waals surface area contributed by atoms with E-state index < -0.39 is 5.41 Å². The molecule has 0 atom stereocenters. The van der Waals surface area contributed by atoms with Crippen molar-refractivity contribution in [2.75, 3.05) is 5.32 Å². The molecule has 2 nitrogen and oxygen atoms in total. The van der Waals surface area contributed by atoms with Crippen molar-refractivity contribution < 1.29 is 9.18 Å². The lowest BCUT2D eigenvalue weighted by Crippen LogP contribution is -2.34. The Morgan fingerprint density at radius 1 is 1.15 bits per heavy atom. The molecule has 4 heteroatoms. The van der Waals surface area contributed by atoms with Crippen molar-refractivity contribution in [1.82, 2.24) is 0 Å². The molecule has 0 unspecified atom stereocenters. The average Bonchev–Trinajstić information content (AvgIpc) is 2.38. The van der Waals surface area contributed by atoms with E-state index in [1.165, 1.54) is 12.1 Å². The summed E-state index contributed by atoms with van der Waals surface area (Å²) in [4.78, 5) is 12.4. The van der Waals surface area contributed by atoms with E-state index in [2.05, 4.69) is 5.32 Å². The third-order valence-electron chi connectivity index (χ3n) is 3.20. The highest BCUT2D eigenvalue weighted by atomic mass is 35.5. The Bertz CT molecular complexity index is 640. The van der Waals surface area contributed by atoms with Crippen LogP contribution in [0.15, 0.2) is 48.5 Å². The van der Waals surface area contributed by atoms with Gasteiger partial charge in [-0.25, -0.2) is 4.39 Å². The SMILES string of the molecule is CC(C)(C(=O)Nc1cccc(F)c1)c1cccc(Cl)c1. The van der Waals surface area contributed by atoms with Crippen molar-refractivity contribution in [2.24, 2.45) is 0 Å². The minimum absolute atomic E-state index is 0.217. The zero-order valence-corrected chi connectivity index (χ0v) is 12.0. The van der Waals surface area contributed by atoms with Gasteiger partial charge in [-0.3, -0.25) is 4.79 Å². The van der Waals surface area contributed by atoms with Gasteiger partial charge in [-0.1, -0.05) is 29.8 Å². The molecule has 0 fully saturated rings. The highest BCUT2D eigenvalue weighted by Gasteiger charge is 2.30. The van der Waals surface area contributed by atoms with Gasteiger partial charge >= 0.3 is 0 Å². The molecule has 0 bridgehead atoms. The fraction of sp³-hybridized carbons (Fsp3) is 0.188. The second-order valence-corrected chi connectivity index (χ2v) is 5.54. The summed E-state index contributed by atoms with van der Waals surface area (Å²) in [5, 5.41) is 3.30. The van der Waals surface area contributed by atoms with Gasteiger partial charge < -0.3 is 5.32 Å². The van der Waals surface area contributed by atoms with Crippen LogP contribution in [-0.2, 0) is 10.2 Å². The molecule has 0 heterocycles. The molecule has 0 aliphatic rings. The van der Waals surface area contributed by atoms with Crippen LogP contribution in [0.1, 0.15) is 19.4 Å². The van der Waals surface area contributed by atoms with Crippen molar-refractivity contribution >= 4 is 23.2 Å². The molecule has 20 heavy (non-hydrogen) atoms.